The van der Waals surface area contributed by atoms with Gasteiger partial charge in [-0.05, 0) is 0 Å². The van der Waals surface area contributed by atoms with E-state index in [1.54, 1.807) is 0 Å². The number of hydrogen-bond acceptors (Lipinski definition) is 2. The second kappa shape index (κ2) is 11.6. The van der Waals surface area contributed by atoms with E-state index in [0.717, 1.165) is 0 Å². The summed E-state index contributed by atoms with van der Waals surface area (Å²) in [5.74, 6) is 0. The fourth-order valence-electron chi connectivity index (χ4n) is 0. The van der Waals surface area contributed by atoms with E-state index in [2.05, 4.69) is 0 Å². The summed E-state index contributed by atoms with van der Waals surface area (Å²) in [7, 11) is -0.750. The monoisotopic (exact) mass is 57.0 g/mol. The Bertz CT molecular complexity index is 4.00. The highest BCUT2D eigenvalue weighted by atomic mass is 16.4. The molecule has 0 heterocycles. The minimum absolute atomic E-state index is 0. The predicted octanol–water partition coefficient (Wildman–Crippen LogP) is -2.14. The molecule has 2 nitrogen and oxygen atoms in total. The van der Waals surface area contributed by atoms with E-state index >= 15 is 0 Å². The highest BCUT2D eigenvalue weighted by Crippen LogP contribution is 1.08. The Hall–Kier alpha value is 0.0499. The molecule has 0 spiro atoms. The van der Waals surface area contributed by atoms with Gasteiger partial charge in [-0.1, -0.05) is 0 Å². The van der Waals surface area contributed by atoms with Gasteiger partial charge in [0.25, 0.3) is 0 Å². The molecule has 0 saturated heterocycles. The first kappa shape index (κ1) is 8.97. The normalized spacial score (nSPS) is 3.50. The number of hydrogen-bond donors (Lipinski definition) is 2. The van der Waals surface area contributed by atoms with Gasteiger partial charge >= 0.3 is 7.69 Å². The largest absolute Gasteiger partial charge is 0.432 e. The molecule has 0 atom stereocenters. The highest BCUT2D eigenvalue weighted by Gasteiger charge is 1.48. The molecule has 2 N–H and O–H groups in total. The lowest BCUT2D eigenvalue weighted by Crippen LogP contribution is -1.75. The van der Waals surface area contributed by atoms with Gasteiger partial charge in [-0.25, -0.2) is 0 Å². The third-order valence-electron chi connectivity index (χ3n) is 0. The first-order chi connectivity index (χ1) is 1.41. The van der Waals surface area contributed by atoms with Crippen LogP contribution in [0.4, 0.5) is 0 Å². The minimum atomic E-state index is -0.750. The van der Waals surface area contributed by atoms with Crippen molar-refractivity contribution in [2.24, 2.45) is 0 Å². The quantitative estimate of drug-likeness (QED) is 0.311. The molecule has 0 aromatic heterocycles. The molecule has 0 aliphatic rings. The lowest BCUT2D eigenvalue weighted by Gasteiger charge is -1.48. The molecule has 0 bridgehead atoms. The van der Waals surface area contributed by atoms with Gasteiger partial charge in [0.2, 0.25) is 0 Å². The lowest BCUT2D eigenvalue weighted by molar-refractivity contribution is 0.448. The summed E-state index contributed by atoms with van der Waals surface area (Å²) < 4.78 is 0. The molecule has 0 fully saturated rings. The molecule has 0 saturated carbocycles. The van der Waals surface area contributed by atoms with Gasteiger partial charge in [0.1, 0.15) is 0 Å². The van der Waals surface area contributed by atoms with Gasteiger partial charge in [0.05, 0.1) is 0 Å². The van der Waals surface area contributed by atoms with Crippen molar-refractivity contribution < 1.29 is 10.0 Å². The minimum Gasteiger partial charge on any atom is -0.430 e. The maximum atomic E-state index is 7.12. The molecular formula is H3B2O2. The third-order valence-corrected chi connectivity index (χ3v) is 0. The van der Waals surface area contributed by atoms with E-state index < -0.39 is 7.69 Å². The van der Waals surface area contributed by atoms with Crippen LogP contribution in [0.2, 0.25) is 0 Å². The Kier molecular flexibility index (Phi) is 26.1. The van der Waals surface area contributed by atoms with Crippen molar-refractivity contribution in [1.82, 2.24) is 0 Å². The van der Waals surface area contributed by atoms with Gasteiger partial charge in [-0.2, -0.15) is 0 Å². The summed E-state index contributed by atoms with van der Waals surface area (Å²) in [5, 5.41) is 14.2. The Morgan fingerprint density at radius 1 is 1.25 bits per heavy atom. The Morgan fingerprint density at radius 2 is 1.25 bits per heavy atom. The van der Waals surface area contributed by atoms with Crippen LogP contribution >= 0.6 is 0 Å². The Balaban J connectivity index is 0. The molecule has 0 aromatic rings. The van der Waals surface area contributed by atoms with E-state index in [-0.39, 0.29) is 8.41 Å². The van der Waals surface area contributed by atoms with E-state index in [0.29, 0.717) is 0 Å². The second-order valence-electron chi connectivity index (χ2n) is 0.141. The van der Waals surface area contributed by atoms with Gasteiger partial charge < -0.3 is 10.0 Å². The van der Waals surface area contributed by atoms with Gasteiger partial charge in [-0.3, -0.25) is 0 Å². The van der Waals surface area contributed by atoms with E-state index in [1.165, 1.54) is 0 Å². The Labute approximate surface area is 27.3 Å². The summed E-state index contributed by atoms with van der Waals surface area (Å²) in [6.45, 7) is 0. The summed E-state index contributed by atoms with van der Waals surface area (Å²) in [4.78, 5) is 0. The zero-order valence-electron chi connectivity index (χ0n) is 2.18. The summed E-state index contributed by atoms with van der Waals surface area (Å²) in [6, 6.07) is 0. The average molecular weight is 56.6 g/mol. The molecule has 4 heteroatoms. The van der Waals surface area contributed by atoms with Crippen molar-refractivity contribution in [3.8, 4) is 0 Å². The van der Waals surface area contributed by atoms with Crippen LogP contribution < -0.4 is 0 Å². The van der Waals surface area contributed by atoms with Crippen molar-refractivity contribution in [2.45, 2.75) is 0 Å². The van der Waals surface area contributed by atoms with E-state index in [1.807, 2.05) is 0 Å². The van der Waals surface area contributed by atoms with Crippen LogP contribution in [-0.4, -0.2) is 26.1 Å². The van der Waals surface area contributed by atoms with Crippen LogP contribution in [0.3, 0.4) is 0 Å². The zero-order chi connectivity index (χ0) is 2.71. The van der Waals surface area contributed by atoms with Gasteiger partial charge in [0.15, 0.2) is 0 Å². The molecule has 3 radical (unpaired) electrons. The van der Waals surface area contributed by atoms with E-state index in [9.17, 15) is 0 Å². The number of rotatable bonds is 0. The third kappa shape index (κ3) is 908. The van der Waals surface area contributed by atoms with Crippen LogP contribution in [-0.2, 0) is 0 Å². The lowest BCUT2D eigenvalue weighted by atomic mass is 10.5. The average Bonchev–Trinajstić information content (AvgIpc) is 0.918. The van der Waals surface area contributed by atoms with Crippen LogP contribution in [0, 0.1) is 0 Å². The van der Waals surface area contributed by atoms with Crippen LogP contribution in [0.25, 0.3) is 0 Å². The summed E-state index contributed by atoms with van der Waals surface area (Å²) in [5.41, 5.74) is 0. The van der Waals surface area contributed by atoms with Crippen molar-refractivity contribution in [3.05, 3.63) is 0 Å². The molecule has 4 heavy (non-hydrogen) atoms. The summed E-state index contributed by atoms with van der Waals surface area (Å²) in [6.07, 6.45) is 0. The van der Waals surface area contributed by atoms with Crippen molar-refractivity contribution >= 4 is 16.1 Å². The van der Waals surface area contributed by atoms with Gasteiger partial charge in [0, 0.05) is 8.41 Å². The predicted molar refractivity (Wildman–Crippen MR) is 17.3 cm³/mol. The van der Waals surface area contributed by atoms with Crippen LogP contribution in [0.5, 0.6) is 0 Å². The van der Waals surface area contributed by atoms with Crippen molar-refractivity contribution in [3.63, 3.8) is 0 Å². The van der Waals surface area contributed by atoms with Crippen molar-refractivity contribution in [2.75, 3.05) is 0 Å². The molecule has 0 aromatic carbocycles. The summed E-state index contributed by atoms with van der Waals surface area (Å²) >= 11 is 0. The molecule has 0 aliphatic heterocycles. The van der Waals surface area contributed by atoms with E-state index in [4.69, 9.17) is 10.0 Å². The smallest absolute Gasteiger partial charge is 0.430 e. The molecule has 21 valence electrons. The molecule has 0 amide bonds. The SMILES string of the molecule is OBO.[B]. The van der Waals surface area contributed by atoms with Gasteiger partial charge in [-0.15, -0.1) is 0 Å². The molecule has 0 unspecified atom stereocenters. The standard InChI is InChI=1S/BH3O2.B/c2-1-3;/h1-3H;. The first-order valence-electron chi connectivity index (χ1n) is 0.632. The fraction of sp³-hybridized carbons (Fsp3) is 0. The van der Waals surface area contributed by atoms with Crippen LogP contribution in [0.15, 0.2) is 0 Å². The maximum absolute atomic E-state index is 7.12. The topological polar surface area (TPSA) is 40.5 Å². The fourth-order valence-corrected chi connectivity index (χ4v) is 0. The van der Waals surface area contributed by atoms with Crippen molar-refractivity contribution in [1.29, 1.82) is 0 Å². The zero-order valence-corrected chi connectivity index (χ0v) is 2.18. The first-order valence-corrected chi connectivity index (χ1v) is 0.632. The maximum Gasteiger partial charge on any atom is 0.432 e. The Morgan fingerprint density at radius 3 is 1.25 bits per heavy atom. The molecule has 0 rings (SSSR count). The molecule has 0 aliphatic carbocycles. The molecular weight excluding hydrogens is 53.6 g/mol. The van der Waals surface area contributed by atoms with Crippen LogP contribution in [0.1, 0.15) is 0 Å². The highest BCUT2D eigenvalue weighted by molar-refractivity contribution is 6.13. The second-order valence-corrected chi connectivity index (χ2v) is 0.141.